The molecule has 12 heteroatoms. The van der Waals surface area contributed by atoms with Gasteiger partial charge in [0, 0.05) is 24.7 Å². The van der Waals surface area contributed by atoms with Crippen LogP contribution in [-0.4, -0.2) is 59.5 Å². The molecule has 0 atom stereocenters. The molecule has 0 aliphatic carbocycles. The Kier molecular flexibility index (Phi) is 6.42. The van der Waals surface area contributed by atoms with Gasteiger partial charge in [0.2, 0.25) is 11.8 Å². The molecule has 2 aliphatic heterocycles. The number of rotatable bonds is 5. The van der Waals surface area contributed by atoms with Gasteiger partial charge in [0.25, 0.3) is 0 Å². The molecule has 0 bridgehead atoms. The Morgan fingerprint density at radius 3 is 2.76 bits per heavy atom. The molecule has 9 nitrogen and oxygen atoms in total. The van der Waals surface area contributed by atoms with Crippen LogP contribution in [0.2, 0.25) is 0 Å². The van der Waals surface area contributed by atoms with Crippen LogP contribution in [0.4, 0.5) is 24.9 Å². The average molecular weight is 511 g/mol. The molecule has 0 amide bonds. The molecule has 0 unspecified atom stereocenters. The second-order valence-corrected chi connectivity index (χ2v) is 8.79. The maximum atomic E-state index is 12.8. The van der Waals surface area contributed by atoms with E-state index in [1.54, 1.807) is 13.2 Å². The van der Waals surface area contributed by atoms with Gasteiger partial charge in [0.1, 0.15) is 17.1 Å². The number of halogens is 3. The number of fused-ring (bicyclic) bond motifs is 2. The summed E-state index contributed by atoms with van der Waals surface area (Å²) in [7, 11) is 1.55. The first-order valence-electron chi connectivity index (χ1n) is 11.6. The molecule has 37 heavy (non-hydrogen) atoms. The third-order valence-corrected chi connectivity index (χ3v) is 6.27. The van der Waals surface area contributed by atoms with Crippen molar-refractivity contribution in [2.24, 2.45) is 15.7 Å². The summed E-state index contributed by atoms with van der Waals surface area (Å²) < 4.78 is 43.9. The van der Waals surface area contributed by atoms with Gasteiger partial charge in [-0.15, -0.1) is 0 Å². The highest BCUT2D eigenvalue weighted by Gasteiger charge is 2.36. The monoisotopic (exact) mass is 510 g/mol. The standard InChI is InChI=1S/C25H25F3N8O/c1-37-19-4-2-3-18-21(19)34-24(30)35-22(18)33-20(29)13-36-8-7-14-5-6-15(9-16(14)12-36)17-10-31-23(32-11-17)25(26,27)28/h2-6,9-10H,7-8,11-13H2,1H3,(H,31,32)(H4,29,30,33,34,35). The predicted molar refractivity (Wildman–Crippen MR) is 137 cm³/mol. The fourth-order valence-electron chi connectivity index (χ4n) is 4.48. The van der Waals surface area contributed by atoms with Crippen LogP contribution in [0, 0.1) is 0 Å². The highest BCUT2D eigenvalue weighted by atomic mass is 19.4. The number of aromatic nitrogens is 2. The van der Waals surface area contributed by atoms with Crippen LogP contribution in [0.1, 0.15) is 16.7 Å². The lowest BCUT2D eigenvalue weighted by molar-refractivity contribution is -0.0614. The van der Waals surface area contributed by atoms with Crippen LogP contribution in [0.25, 0.3) is 16.5 Å². The number of hydrogen-bond donors (Lipinski definition) is 3. The molecule has 3 heterocycles. The number of benzene rings is 2. The van der Waals surface area contributed by atoms with Crippen LogP contribution < -0.4 is 21.5 Å². The fraction of sp³-hybridized carbons (Fsp3) is 0.280. The second-order valence-electron chi connectivity index (χ2n) is 8.79. The number of methoxy groups -OCH3 is 1. The molecular weight excluding hydrogens is 485 g/mol. The molecular formula is C25H25F3N8O. The maximum Gasteiger partial charge on any atom is 0.449 e. The largest absolute Gasteiger partial charge is 0.494 e. The van der Waals surface area contributed by atoms with Gasteiger partial charge in [-0.05, 0) is 46.9 Å². The summed E-state index contributed by atoms with van der Waals surface area (Å²) in [5, 5.41) is 2.94. The molecule has 0 saturated heterocycles. The minimum absolute atomic E-state index is 0.0369. The summed E-state index contributed by atoms with van der Waals surface area (Å²) in [4.78, 5) is 18.9. The van der Waals surface area contributed by atoms with Gasteiger partial charge in [-0.25, -0.2) is 9.98 Å². The SMILES string of the molecule is COc1cccc2c(N=C(N)CN3CCc4ccc(C5=CNC(C(F)(F)F)=NC5)cc4C3)nc(N)nc12. The number of para-hydroxylation sites is 1. The summed E-state index contributed by atoms with van der Waals surface area (Å²) in [5.74, 6) is 0.394. The first-order chi connectivity index (χ1) is 17.7. The van der Waals surface area contributed by atoms with Crippen molar-refractivity contribution in [1.82, 2.24) is 20.2 Å². The lowest BCUT2D eigenvalue weighted by Gasteiger charge is -2.29. The number of nitrogens with zero attached hydrogens (tertiary/aromatic N) is 5. The van der Waals surface area contributed by atoms with Gasteiger partial charge < -0.3 is 21.5 Å². The Morgan fingerprint density at radius 2 is 2.03 bits per heavy atom. The zero-order valence-corrected chi connectivity index (χ0v) is 20.0. The predicted octanol–water partition coefficient (Wildman–Crippen LogP) is 3.17. The first kappa shape index (κ1) is 24.5. The topological polar surface area (TPSA) is 127 Å². The summed E-state index contributed by atoms with van der Waals surface area (Å²) >= 11 is 0. The number of hydrogen-bond acceptors (Lipinski definition) is 8. The lowest BCUT2D eigenvalue weighted by Crippen LogP contribution is -2.37. The van der Waals surface area contributed by atoms with Crippen LogP contribution in [0.3, 0.4) is 0 Å². The normalized spacial score (nSPS) is 16.6. The molecule has 0 saturated carbocycles. The van der Waals surface area contributed by atoms with Gasteiger partial charge in [-0.2, -0.15) is 18.2 Å². The number of anilines is 1. The van der Waals surface area contributed by atoms with E-state index in [4.69, 9.17) is 16.2 Å². The number of ether oxygens (including phenoxy) is 1. The summed E-state index contributed by atoms with van der Waals surface area (Å²) in [6, 6.07) is 11.4. The van der Waals surface area contributed by atoms with Crippen LogP contribution in [0.5, 0.6) is 5.75 Å². The Labute approximate surface area is 210 Å². The second kappa shape index (κ2) is 9.69. The van der Waals surface area contributed by atoms with E-state index in [1.807, 2.05) is 30.3 Å². The quantitative estimate of drug-likeness (QED) is 0.355. The lowest BCUT2D eigenvalue weighted by atomic mass is 9.94. The van der Waals surface area contributed by atoms with Gasteiger partial charge in [0.05, 0.1) is 20.2 Å². The van der Waals surface area contributed by atoms with Gasteiger partial charge >= 0.3 is 6.18 Å². The van der Waals surface area contributed by atoms with E-state index < -0.39 is 12.0 Å². The minimum Gasteiger partial charge on any atom is -0.494 e. The van der Waals surface area contributed by atoms with E-state index in [2.05, 4.69) is 30.2 Å². The van der Waals surface area contributed by atoms with Crippen molar-refractivity contribution in [2.45, 2.75) is 19.1 Å². The van der Waals surface area contributed by atoms with Crippen molar-refractivity contribution in [2.75, 3.05) is 32.5 Å². The smallest absolute Gasteiger partial charge is 0.449 e. The number of nitrogens with one attached hydrogen (secondary N) is 1. The third-order valence-electron chi connectivity index (χ3n) is 6.27. The highest BCUT2D eigenvalue weighted by molar-refractivity contribution is 5.96. The van der Waals surface area contributed by atoms with E-state index in [0.717, 1.165) is 24.1 Å². The third kappa shape index (κ3) is 5.19. The molecule has 1 aromatic heterocycles. The van der Waals surface area contributed by atoms with Crippen molar-refractivity contribution in [3.8, 4) is 5.75 Å². The highest BCUT2D eigenvalue weighted by Crippen LogP contribution is 2.30. The Balaban J connectivity index is 1.32. The molecule has 0 radical (unpaired) electrons. The molecule has 5 rings (SSSR count). The van der Waals surface area contributed by atoms with E-state index >= 15 is 0 Å². The molecule has 0 fully saturated rings. The Hall–Kier alpha value is -4.19. The van der Waals surface area contributed by atoms with Crippen molar-refractivity contribution >= 4 is 39.9 Å². The molecule has 192 valence electrons. The van der Waals surface area contributed by atoms with Gasteiger partial charge in [0.15, 0.2) is 5.82 Å². The van der Waals surface area contributed by atoms with Crippen LogP contribution in [0.15, 0.2) is 52.6 Å². The average Bonchev–Trinajstić information content (AvgIpc) is 2.87. The van der Waals surface area contributed by atoms with Crippen molar-refractivity contribution in [1.29, 1.82) is 0 Å². The van der Waals surface area contributed by atoms with E-state index in [-0.39, 0.29) is 12.5 Å². The number of alkyl halides is 3. The molecule has 5 N–H and O–H groups in total. The number of amidine groups is 2. The van der Waals surface area contributed by atoms with Crippen LogP contribution >= 0.6 is 0 Å². The zero-order chi connectivity index (χ0) is 26.2. The van der Waals surface area contributed by atoms with Gasteiger partial charge in [-0.3, -0.25) is 9.89 Å². The maximum absolute atomic E-state index is 12.8. The van der Waals surface area contributed by atoms with Crippen molar-refractivity contribution in [3.05, 3.63) is 59.3 Å². The van der Waals surface area contributed by atoms with E-state index in [1.165, 1.54) is 11.8 Å². The van der Waals surface area contributed by atoms with Gasteiger partial charge in [-0.1, -0.05) is 18.2 Å². The van der Waals surface area contributed by atoms with Crippen molar-refractivity contribution < 1.29 is 17.9 Å². The van der Waals surface area contributed by atoms with E-state index in [0.29, 0.717) is 47.0 Å². The Morgan fingerprint density at radius 1 is 1.19 bits per heavy atom. The molecule has 2 aliphatic rings. The molecule has 3 aromatic rings. The number of nitrogens with two attached hydrogens (primary N) is 2. The zero-order valence-electron chi connectivity index (χ0n) is 20.0. The minimum atomic E-state index is -4.49. The fourth-order valence-corrected chi connectivity index (χ4v) is 4.48. The summed E-state index contributed by atoms with van der Waals surface area (Å²) in [6.07, 6.45) is -2.30. The van der Waals surface area contributed by atoms with Crippen LogP contribution in [-0.2, 0) is 13.0 Å². The summed E-state index contributed by atoms with van der Waals surface area (Å²) in [5.41, 5.74) is 16.6. The number of aliphatic imine (C=N–C) groups is 2. The summed E-state index contributed by atoms with van der Waals surface area (Å²) in [6.45, 7) is 1.78. The Bertz CT molecular complexity index is 1450. The molecule has 0 spiro atoms. The van der Waals surface area contributed by atoms with Crippen molar-refractivity contribution in [3.63, 3.8) is 0 Å². The first-order valence-corrected chi connectivity index (χ1v) is 11.6. The van der Waals surface area contributed by atoms with E-state index in [9.17, 15) is 13.2 Å². The number of nitrogen functional groups attached to an aromatic ring is 1. The molecule has 2 aromatic carbocycles.